The SMILES string of the molecule is COc1ccc(N2C(=O)C3C4CC(C3C2=O)C2C4Sc3[nH]c(=O)sc3[C@@H]2c2ccc(OCC(=O)Nc3ccc(Cl)cc3)c(OC)c2)cc1. The van der Waals surface area contributed by atoms with E-state index in [1.807, 2.05) is 12.1 Å². The van der Waals surface area contributed by atoms with E-state index in [-0.39, 0.29) is 58.1 Å². The van der Waals surface area contributed by atoms with E-state index < -0.39 is 11.8 Å². The molecule has 2 N–H and O–H groups in total. The molecule has 13 heteroatoms. The maximum Gasteiger partial charge on any atom is 0.305 e. The van der Waals surface area contributed by atoms with Gasteiger partial charge in [-0.15, -0.1) is 11.8 Å². The number of hydrogen-bond donors (Lipinski definition) is 2. The fourth-order valence-electron chi connectivity index (χ4n) is 8.25. The van der Waals surface area contributed by atoms with Crippen molar-refractivity contribution in [2.75, 3.05) is 31.0 Å². The first-order valence-corrected chi connectivity index (χ1v) is 17.6. The van der Waals surface area contributed by atoms with E-state index in [1.54, 1.807) is 73.5 Å². The summed E-state index contributed by atoms with van der Waals surface area (Å²) >= 11 is 8.77. The maximum atomic E-state index is 14.1. The van der Waals surface area contributed by atoms with Crippen molar-refractivity contribution in [3.05, 3.63) is 91.9 Å². The van der Waals surface area contributed by atoms with Gasteiger partial charge in [-0.25, -0.2) is 0 Å². The summed E-state index contributed by atoms with van der Waals surface area (Å²) < 4.78 is 16.9. The molecule has 4 aromatic rings. The topological polar surface area (TPSA) is 127 Å². The Balaban J connectivity index is 1.08. The molecule has 1 aromatic heterocycles. The van der Waals surface area contributed by atoms with Gasteiger partial charge in [-0.3, -0.25) is 24.1 Å². The molecule has 3 fully saturated rings. The number of rotatable bonds is 8. The van der Waals surface area contributed by atoms with Crippen LogP contribution in [0.15, 0.2) is 76.6 Å². The van der Waals surface area contributed by atoms with Crippen LogP contribution in [0, 0.1) is 29.6 Å². The highest BCUT2D eigenvalue weighted by Gasteiger charge is 2.69. The second-order valence-electron chi connectivity index (χ2n) is 12.4. The molecule has 3 heterocycles. The fourth-order valence-corrected chi connectivity index (χ4v) is 11.3. The van der Waals surface area contributed by atoms with Crippen LogP contribution in [-0.2, 0) is 14.4 Å². The largest absolute Gasteiger partial charge is 0.497 e. The zero-order chi connectivity index (χ0) is 33.3. The third kappa shape index (κ3) is 5.00. The Kier molecular flexibility index (Phi) is 7.77. The zero-order valence-electron chi connectivity index (χ0n) is 25.8. The predicted octanol–water partition coefficient (Wildman–Crippen LogP) is 5.80. The van der Waals surface area contributed by atoms with Gasteiger partial charge in [0.05, 0.1) is 36.8 Å². The lowest BCUT2D eigenvalue weighted by molar-refractivity contribution is -0.123. The van der Waals surface area contributed by atoms with Crippen LogP contribution in [0.1, 0.15) is 22.8 Å². The fraction of sp³-hybridized carbons (Fsp3) is 0.314. The number of thiazole rings is 1. The average molecular weight is 704 g/mol. The molecule has 2 bridgehead atoms. The van der Waals surface area contributed by atoms with Crippen LogP contribution in [0.4, 0.5) is 11.4 Å². The van der Waals surface area contributed by atoms with Gasteiger partial charge < -0.3 is 24.5 Å². The third-order valence-electron chi connectivity index (χ3n) is 10.1. The molecule has 246 valence electrons. The van der Waals surface area contributed by atoms with Crippen LogP contribution in [-0.4, -0.2) is 48.8 Å². The van der Waals surface area contributed by atoms with E-state index in [2.05, 4.69) is 10.3 Å². The number of fused-ring (bicyclic) bond motifs is 9. The van der Waals surface area contributed by atoms with E-state index in [0.29, 0.717) is 33.6 Å². The number of aromatic nitrogens is 1. The predicted molar refractivity (Wildman–Crippen MR) is 183 cm³/mol. The van der Waals surface area contributed by atoms with Crippen molar-refractivity contribution < 1.29 is 28.6 Å². The summed E-state index contributed by atoms with van der Waals surface area (Å²) in [6.07, 6.45) is 0.780. The number of methoxy groups -OCH3 is 2. The highest BCUT2D eigenvalue weighted by molar-refractivity contribution is 8.00. The van der Waals surface area contributed by atoms with Crippen molar-refractivity contribution in [1.82, 2.24) is 4.98 Å². The summed E-state index contributed by atoms with van der Waals surface area (Å²) in [7, 11) is 3.11. The summed E-state index contributed by atoms with van der Waals surface area (Å²) in [5.41, 5.74) is 2.07. The molecule has 3 aromatic carbocycles. The summed E-state index contributed by atoms with van der Waals surface area (Å²) in [4.78, 5) is 58.4. The lowest BCUT2D eigenvalue weighted by Crippen LogP contribution is -2.42. The number of carbonyl (C=O) groups is 3. The third-order valence-corrected chi connectivity index (χ3v) is 12.9. The minimum Gasteiger partial charge on any atom is -0.497 e. The lowest BCUT2D eigenvalue weighted by Gasteiger charge is -2.43. The van der Waals surface area contributed by atoms with Crippen LogP contribution >= 0.6 is 34.7 Å². The summed E-state index contributed by atoms with van der Waals surface area (Å²) in [5, 5.41) is 4.22. The first kappa shape index (κ1) is 31.0. The minimum atomic E-state index is -0.421. The quantitative estimate of drug-likeness (QED) is 0.221. The standard InChI is InChI=1S/C35H30ClN3O7S2/c1-44-20-10-8-19(9-11-20)39-33(41)28-21-14-22(29(28)34(39)42)30-27(21)26(31-32(47-30)38-35(43)48-31)16-3-12-23(24(13-16)45-2)46-15-25(40)37-18-6-4-17(36)5-7-18/h3-13,21-22,26-30H,14-15H2,1-2H3,(H,37,40)(H,38,43)/t21?,22?,26-,27?,28?,29?,30?/m1/s1. The second-order valence-corrected chi connectivity index (χ2v) is 15.1. The van der Waals surface area contributed by atoms with Gasteiger partial charge in [-0.05, 0) is 90.4 Å². The number of nitrogens with zero attached hydrogens (tertiary/aromatic N) is 1. The monoisotopic (exact) mass is 703 g/mol. The second kappa shape index (κ2) is 12.0. The number of hydrogen-bond acceptors (Lipinski definition) is 9. The Morgan fingerprint density at radius 3 is 2.38 bits per heavy atom. The molecule has 2 aliphatic carbocycles. The molecule has 0 spiro atoms. The average Bonchev–Trinajstić information content (AvgIpc) is 3.83. The van der Waals surface area contributed by atoms with Gasteiger partial charge >= 0.3 is 4.87 Å². The molecule has 10 nitrogen and oxygen atoms in total. The molecule has 4 aliphatic rings. The normalized spacial score (nSPS) is 26.6. The molecule has 6 unspecified atom stereocenters. The van der Waals surface area contributed by atoms with Crippen LogP contribution in [0.2, 0.25) is 5.02 Å². The smallest absolute Gasteiger partial charge is 0.305 e. The van der Waals surface area contributed by atoms with E-state index >= 15 is 0 Å². The molecule has 2 saturated carbocycles. The summed E-state index contributed by atoms with van der Waals surface area (Å²) in [6, 6.07) is 19.4. The Morgan fingerprint density at radius 1 is 0.938 bits per heavy atom. The molecule has 8 rings (SSSR count). The van der Waals surface area contributed by atoms with Gasteiger partial charge in [0.25, 0.3) is 5.91 Å². The van der Waals surface area contributed by atoms with E-state index in [9.17, 15) is 19.2 Å². The van der Waals surface area contributed by atoms with Crippen LogP contribution < -0.4 is 29.3 Å². The van der Waals surface area contributed by atoms with Crippen molar-refractivity contribution in [1.29, 1.82) is 0 Å². The first-order valence-electron chi connectivity index (χ1n) is 15.5. The summed E-state index contributed by atoms with van der Waals surface area (Å²) in [5.74, 6) is -0.170. The molecule has 0 radical (unpaired) electrons. The Labute approximate surface area is 288 Å². The van der Waals surface area contributed by atoms with Gasteiger partial charge in [0.1, 0.15) is 5.75 Å². The zero-order valence-corrected chi connectivity index (χ0v) is 28.2. The molecular weight excluding hydrogens is 674 g/mol. The lowest BCUT2D eigenvalue weighted by atomic mass is 9.68. The number of anilines is 2. The molecule has 3 amide bonds. The van der Waals surface area contributed by atoms with Gasteiger partial charge in [-0.2, -0.15) is 0 Å². The number of thioether (sulfide) groups is 1. The molecule has 1 saturated heterocycles. The van der Waals surface area contributed by atoms with Crippen molar-refractivity contribution >= 4 is 63.8 Å². The number of halogens is 1. The van der Waals surface area contributed by atoms with Gasteiger partial charge in [0.15, 0.2) is 18.1 Å². The van der Waals surface area contributed by atoms with Crippen molar-refractivity contribution in [2.45, 2.75) is 22.6 Å². The molecular formula is C35H30ClN3O7S2. The number of nitrogens with one attached hydrogen (secondary N) is 2. The number of ether oxygens (including phenoxy) is 3. The number of benzene rings is 3. The number of amides is 3. The van der Waals surface area contributed by atoms with Crippen molar-refractivity contribution in [2.24, 2.45) is 29.6 Å². The van der Waals surface area contributed by atoms with Gasteiger partial charge in [0.2, 0.25) is 11.8 Å². The van der Waals surface area contributed by atoms with Crippen LogP contribution in [0.25, 0.3) is 0 Å². The minimum absolute atomic E-state index is 0.00240. The maximum absolute atomic E-state index is 14.1. The summed E-state index contributed by atoms with van der Waals surface area (Å²) in [6.45, 7) is -0.236. The number of H-pyrrole nitrogens is 1. The first-order chi connectivity index (χ1) is 23.2. The van der Waals surface area contributed by atoms with Crippen molar-refractivity contribution in [3.63, 3.8) is 0 Å². The molecule has 7 atom stereocenters. The Bertz CT molecular complexity index is 2000. The van der Waals surface area contributed by atoms with Gasteiger partial charge in [0, 0.05) is 26.8 Å². The number of carbonyl (C=O) groups excluding carboxylic acids is 3. The Morgan fingerprint density at radius 2 is 1.67 bits per heavy atom. The Hall–Kier alpha value is -4.26. The van der Waals surface area contributed by atoms with Crippen LogP contribution in [0.3, 0.4) is 0 Å². The van der Waals surface area contributed by atoms with Crippen LogP contribution in [0.5, 0.6) is 17.2 Å². The van der Waals surface area contributed by atoms with Gasteiger partial charge in [-0.1, -0.05) is 29.0 Å². The number of aromatic amines is 1. The molecule has 48 heavy (non-hydrogen) atoms. The molecule has 2 aliphatic heterocycles. The van der Waals surface area contributed by atoms with E-state index in [0.717, 1.165) is 21.9 Å². The number of imide groups is 1. The van der Waals surface area contributed by atoms with Crippen molar-refractivity contribution in [3.8, 4) is 17.2 Å². The highest BCUT2D eigenvalue weighted by Crippen LogP contribution is 2.68. The van der Waals surface area contributed by atoms with E-state index in [4.69, 9.17) is 25.8 Å². The highest BCUT2D eigenvalue weighted by atomic mass is 35.5. The van der Waals surface area contributed by atoms with E-state index in [1.165, 1.54) is 23.3 Å².